The zero-order valence-electron chi connectivity index (χ0n) is 10.5. The van der Waals surface area contributed by atoms with Crippen molar-refractivity contribution in [2.45, 2.75) is 23.8 Å². The van der Waals surface area contributed by atoms with Gasteiger partial charge in [0, 0.05) is 23.7 Å². The third-order valence-electron chi connectivity index (χ3n) is 3.27. The number of methoxy groups -OCH3 is 1. The maximum Gasteiger partial charge on any atom is 0.120 e. The Kier molecular flexibility index (Phi) is 4.18. The van der Waals surface area contributed by atoms with Crippen molar-refractivity contribution in [3.8, 4) is 5.75 Å². The molecule has 94 valence electrons. The van der Waals surface area contributed by atoms with Crippen LogP contribution in [0.2, 0.25) is 0 Å². The van der Waals surface area contributed by atoms with Crippen LogP contribution in [0.15, 0.2) is 23.1 Å². The molecule has 0 fully saturated rings. The van der Waals surface area contributed by atoms with Crippen LogP contribution in [0.5, 0.6) is 5.75 Å². The van der Waals surface area contributed by atoms with E-state index >= 15 is 0 Å². The van der Waals surface area contributed by atoms with Crippen LogP contribution in [0.1, 0.15) is 12.8 Å². The van der Waals surface area contributed by atoms with Gasteiger partial charge in [-0.15, -0.1) is 11.8 Å². The molecule has 0 bridgehead atoms. The van der Waals surface area contributed by atoms with Crippen LogP contribution in [0, 0.1) is 0 Å². The summed E-state index contributed by atoms with van der Waals surface area (Å²) >= 11 is 1.92. The molecule has 0 saturated carbocycles. The molecule has 0 spiro atoms. The van der Waals surface area contributed by atoms with Crippen molar-refractivity contribution in [3.05, 3.63) is 18.2 Å². The third-order valence-corrected chi connectivity index (χ3v) is 4.46. The van der Waals surface area contributed by atoms with Crippen molar-refractivity contribution in [2.24, 2.45) is 5.73 Å². The van der Waals surface area contributed by atoms with Gasteiger partial charge < -0.3 is 15.4 Å². The molecule has 1 heterocycles. The lowest BCUT2D eigenvalue weighted by Gasteiger charge is -2.35. The van der Waals surface area contributed by atoms with Crippen molar-refractivity contribution in [1.29, 1.82) is 0 Å². The number of hydrogen-bond acceptors (Lipinski definition) is 4. The molecule has 0 aromatic heterocycles. The highest BCUT2D eigenvalue weighted by Crippen LogP contribution is 2.39. The Morgan fingerprint density at radius 3 is 3.06 bits per heavy atom. The Hall–Kier alpha value is -0.870. The van der Waals surface area contributed by atoms with Crippen LogP contribution in [0.4, 0.5) is 5.69 Å². The maximum absolute atomic E-state index is 5.58. The average molecular weight is 252 g/mol. The molecule has 0 aliphatic carbocycles. The quantitative estimate of drug-likeness (QED) is 0.892. The van der Waals surface area contributed by atoms with E-state index in [0.29, 0.717) is 6.04 Å². The van der Waals surface area contributed by atoms with Gasteiger partial charge in [0.15, 0.2) is 0 Å². The first-order valence-electron chi connectivity index (χ1n) is 6.00. The summed E-state index contributed by atoms with van der Waals surface area (Å²) in [5.41, 5.74) is 6.89. The van der Waals surface area contributed by atoms with Crippen molar-refractivity contribution >= 4 is 17.4 Å². The lowest BCUT2D eigenvalue weighted by molar-refractivity contribution is 0.413. The van der Waals surface area contributed by atoms with E-state index in [4.69, 9.17) is 10.5 Å². The predicted octanol–water partition coefficient (Wildman–Crippen LogP) is 2.34. The Morgan fingerprint density at radius 2 is 2.35 bits per heavy atom. The van der Waals surface area contributed by atoms with Gasteiger partial charge in [0.2, 0.25) is 0 Å². The van der Waals surface area contributed by atoms with Crippen LogP contribution < -0.4 is 15.4 Å². The molecule has 1 aliphatic heterocycles. The van der Waals surface area contributed by atoms with Gasteiger partial charge in [0.1, 0.15) is 5.75 Å². The zero-order chi connectivity index (χ0) is 12.3. The Morgan fingerprint density at radius 1 is 1.53 bits per heavy atom. The molecule has 0 amide bonds. The SMILES string of the molecule is COc1ccc2c(c1)SCC(CCCN)N2C. The molecule has 0 radical (unpaired) electrons. The number of thioether (sulfide) groups is 1. The summed E-state index contributed by atoms with van der Waals surface area (Å²) in [7, 11) is 3.88. The fourth-order valence-corrected chi connectivity index (χ4v) is 3.47. The van der Waals surface area contributed by atoms with Gasteiger partial charge >= 0.3 is 0 Å². The van der Waals surface area contributed by atoms with Crippen molar-refractivity contribution < 1.29 is 4.74 Å². The lowest BCUT2D eigenvalue weighted by Crippen LogP contribution is -2.36. The second-order valence-corrected chi connectivity index (χ2v) is 5.40. The second-order valence-electron chi connectivity index (χ2n) is 4.34. The molecule has 2 rings (SSSR count). The fourth-order valence-electron chi connectivity index (χ4n) is 2.15. The number of hydrogen-bond donors (Lipinski definition) is 1. The van der Waals surface area contributed by atoms with E-state index in [9.17, 15) is 0 Å². The molecule has 0 saturated heterocycles. The van der Waals surface area contributed by atoms with E-state index in [1.807, 2.05) is 17.8 Å². The highest BCUT2D eigenvalue weighted by molar-refractivity contribution is 7.99. The first-order chi connectivity index (χ1) is 8.26. The average Bonchev–Trinajstić information content (AvgIpc) is 2.37. The number of nitrogens with zero attached hydrogens (tertiary/aromatic N) is 1. The van der Waals surface area contributed by atoms with Gasteiger partial charge in [-0.3, -0.25) is 0 Å². The normalized spacial score (nSPS) is 19.0. The molecular formula is C13H20N2OS. The molecule has 1 aliphatic rings. The summed E-state index contributed by atoms with van der Waals surface area (Å²) in [5.74, 6) is 2.07. The van der Waals surface area contributed by atoms with Gasteiger partial charge in [0.05, 0.1) is 12.8 Å². The maximum atomic E-state index is 5.58. The summed E-state index contributed by atoms with van der Waals surface area (Å²) in [6, 6.07) is 6.90. The number of nitrogens with two attached hydrogens (primary N) is 1. The minimum Gasteiger partial charge on any atom is -0.497 e. The van der Waals surface area contributed by atoms with Gasteiger partial charge in [-0.2, -0.15) is 0 Å². The summed E-state index contributed by atoms with van der Waals surface area (Å²) in [4.78, 5) is 3.69. The molecule has 17 heavy (non-hydrogen) atoms. The van der Waals surface area contributed by atoms with Crippen LogP contribution in [0.3, 0.4) is 0 Å². The minimum absolute atomic E-state index is 0.601. The first kappa shape index (κ1) is 12.6. The van der Waals surface area contributed by atoms with E-state index in [2.05, 4.69) is 24.1 Å². The lowest BCUT2D eigenvalue weighted by atomic mass is 10.1. The van der Waals surface area contributed by atoms with E-state index in [-0.39, 0.29) is 0 Å². The summed E-state index contributed by atoms with van der Waals surface area (Å²) in [6.07, 6.45) is 2.27. The Balaban J connectivity index is 2.15. The topological polar surface area (TPSA) is 38.5 Å². The number of benzene rings is 1. The largest absolute Gasteiger partial charge is 0.497 e. The van der Waals surface area contributed by atoms with Crippen LogP contribution in [-0.2, 0) is 0 Å². The fraction of sp³-hybridized carbons (Fsp3) is 0.538. The molecular weight excluding hydrogens is 232 g/mol. The van der Waals surface area contributed by atoms with Crippen molar-refractivity contribution in [3.63, 3.8) is 0 Å². The monoisotopic (exact) mass is 252 g/mol. The third kappa shape index (κ3) is 2.69. The van der Waals surface area contributed by atoms with Gasteiger partial charge in [-0.25, -0.2) is 0 Å². The van der Waals surface area contributed by atoms with Crippen molar-refractivity contribution in [1.82, 2.24) is 0 Å². The number of fused-ring (bicyclic) bond motifs is 1. The molecule has 1 aromatic carbocycles. The highest BCUT2D eigenvalue weighted by atomic mass is 32.2. The zero-order valence-corrected chi connectivity index (χ0v) is 11.3. The number of ether oxygens (including phenoxy) is 1. The van der Waals surface area contributed by atoms with Crippen molar-refractivity contribution in [2.75, 3.05) is 31.4 Å². The summed E-state index contributed by atoms with van der Waals surface area (Å²) < 4.78 is 5.26. The molecule has 1 atom stereocenters. The van der Waals surface area contributed by atoms with Crippen LogP contribution >= 0.6 is 11.8 Å². The van der Waals surface area contributed by atoms with Crippen LogP contribution in [0.25, 0.3) is 0 Å². The van der Waals surface area contributed by atoms with E-state index in [0.717, 1.165) is 24.5 Å². The molecule has 2 N–H and O–H groups in total. The smallest absolute Gasteiger partial charge is 0.120 e. The molecule has 1 unspecified atom stereocenters. The Labute approximate surface area is 107 Å². The summed E-state index contributed by atoms with van der Waals surface area (Å²) in [6.45, 7) is 0.782. The standard InChI is InChI=1S/C13H20N2OS/c1-15-10(4-3-7-14)9-17-13-8-11(16-2)5-6-12(13)15/h5-6,8,10H,3-4,7,9,14H2,1-2H3. The highest BCUT2D eigenvalue weighted by Gasteiger charge is 2.23. The predicted molar refractivity (Wildman–Crippen MR) is 74.2 cm³/mol. The number of rotatable bonds is 4. The second kappa shape index (κ2) is 5.65. The van der Waals surface area contributed by atoms with Crippen LogP contribution in [-0.4, -0.2) is 32.5 Å². The van der Waals surface area contributed by atoms with E-state index < -0.39 is 0 Å². The van der Waals surface area contributed by atoms with Gasteiger partial charge in [0.25, 0.3) is 0 Å². The van der Waals surface area contributed by atoms with E-state index in [1.165, 1.54) is 17.0 Å². The Bertz CT molecular complexity index is 384. The minimum atomic E-state index is 0.601. The molecule has 3 nitrogen and oxygen atoms in total. The van der Waals surface area contributed by atoms with E-state index in [1.54, 1.807) is 7.11 Å². The first-order valence-corrected chi connectivity index (χ1v) is 6.98. The van der Waals surface area contributed by atoms with Gasteiger partial charge in [-0.1, -0.05) is 0 Å². The molecule has 4 heteroatoms. The number of anilines is 1. The summed E-state index contributed by atoms with van der Waals surface area (Å²) in [5, 5.41) is 0. The van der Waals surface area contributed by atoms with Gasteiger partial charge in [-0.05, 0) is 37.6 Å². The molecule has 1 aromatic rings.